The number of sulfonamides is 1. The molecule has 0 amide bonds. The van der Waals surface area contributed by atoms with Crippen molar-refractivity contribution < 1.29 is 21.2 Å². The van der Waals surface area contributed by atoms with E-state index in [9.17, 15) is 21.2 Å². The number of sulfone groups is 1. The van der Waals surface area contributed by atoms with Crippen LogP contribution >= 0.6 is 0 Å². The first-order valence-corrected chi connectivity index (χ1v) is 10.5. The maximum Gasteiger partial charge on any atom is 0.246 e. The highest BCUT2D eigenvalue weighted by molar-refractivity contribution is 7.92. The number of rotatable bonds is 4. The minimum Gasteiger partial charge on any atom is -0.229 e. The molecule has 0 N–H and O–H groups in total. The van der Waals surface area contributed by atoms with E-state index in [-0.39, 0.29) is 28.9 Å². The van der Waals surface area contributed by atoms with Crippen molar-refractivity contribution >= 4 is 19.9 Å². The Morgan fingerprint density at radius 2 is 1.86 bits per heavy atom. The lowest BCUT2D eigenvalue weighted by atomic mass is 10.2. The summed E-state index contributed by atoms with van der Waals surface area (Å²) in [5, 5.41) is 0. The summed E-state index contributed by atoms with van der Waals surface area (Å²) in [6.07, 6.45) is 1.68. The van der Waals surface area contributed by atoms with Gasteiger partial charge in [-0.2, -0.15) is 4.31 Å². The van der Waals surface area contributed by atoms with Gasteiger partial charge in [-0.05, 0) is 43.9 Å². The smallest absolute Gasteiger partial charge is 0.229 e. The number of benzene rings is 1. The number of nitrogens with zero attached hydrogens (tertiary/aromatic N) is 1. The quantitative estimate of drug-likeness (QED) is 0.827. The molecule has 22 heavy (non-hydrogen) atoms. The summed E-state index contributed by atoms with van der Waals surface area (Å²) in [5.74, 6) is -0.972. The fraction of sp³-hybridized carbons (Fsp3) is 0.571. The van der Waals surface area contributed by atoms with Gasteiger partial charge in [-0.3, -0.25) is 0 Å². The second kappa shape index (κ2) is 5.28. The number of hydrogen-bond acceptors (Lipinski definition) is 4. The molecule has 0 aromatic heterocycles. The predicted molar refractivity (Wildman–Crippen MR) is 80.2 cm³/mol. The van der Waals surface area contributed by atoms with Crippen LogP contribution in [0.25, 0.3) is 0 Å². The van der Waals surface area contributed by atoms with E-state index in [2.05, 4.69) is 0 Å². The van der Waals surface area contributed by atoms with Crippen molar-refractivity contribution in [2.75, 3.05) is 11.5 Å². The Morgan fingerprint density at radius 1 is 1.18 bits per heavy atom. The second-order valence-electron chi connectivity index (χ2n) is 6.06. The van der Waals surface area contributed by atoms with Crippen LogP contribution in [0.15, 0.2) is 23.1 Å². The second-order valence-corrected chi connectivity index (χ2v) is 10.1. The number of aryl methyl sites for hydroxylation is 1. The van der Waals surface area contributed by atoms with Crippen LogP contribution < -0.4 is 0 Å². The Hall–Kier alpha value is -0.990. The lowest BCUT2D eigenvalue weighted by Crippen LogP contribution is -2.43. The van der Waals surface area contributed by atoms with Gasteiger partial charge in [-0.1, -0.05) is 6.07 Å². The maximum absolute atomic E-state index is 14.0. The van der Waals surface area contributed by atoms with Crippen LogP contribution in [-0.4, -0.2) is 44.7 Å². The zero-order chi connectivity index (χ0) is 16.1. The van der Waals surface area contributed by atoms with Gasteiger partial charge in [0.05, 0.1) is 11.5 Å². The van der Waals surface area contributed by atoms with Crippen LogP contribution in [0.3, 0.4) is 0 Å². The third-order valence-electron chi connectivity index (χ3n) is 4.12. The Balaban J connectivity index is 2.02. The molecule has 1 aromatic rings. The monoisotopic (exact) mass is 347 g/mol. The fourth-order valence-corrected chi connectivity index (χ4v) is 6.78. The Labute approximate surface area is 130 Å². The van der Waals surface area contributed by atoms with Crippen LogP contribution in [0, 0.1) is 12.7 Å². The maximum atomic E-state index is 14.0. The average molecular weight is 347 g/mol. The molecule has 0 radical (unpaired) electrons. The van der Waals surface area contributed by atoms with Crippen molar-refractivity contribution in [2.24, 2.45) is 0 Å². The summed E-state index contributed by atoms with van der Waals surface area (Å²) in [7, 11) is -7.24. The molecule has 1 saturated heterocycles. The van der Waals surface area contributed by atoms with Crippen molar-refractivity contribution in [3.05, 3.63) is 29.6 Å². The predicted octanol–water partition coefficient (Wildman–Crippen LogP) is 1.47. The third-order valence-corrected chi connectivity index (χ3v) is 7.89. The SMILES string of the molecule is Cc1ccc(F)c(S(=O)(=O)N(C2CC2)[C@H]2CCS(=O)(=O)C2)c1. The van der Waals surface area contributed by atoms with Gasteiger partial charge in [0.2, 0.25) is 10.0 Å². The first-order chi connectivity index (χ1) is 10.2. The highest BCUT2D eigenvalue weighted by Crippen LogP contribution is 2.37. The van der Waals surface area contributed by atoms with E-state index in [1.165, 1.54) is 16.4 Å². The molecule has 8 heteroatoms. The molecular formula is C14H18FNO4S2. The summed E-state index contributed by atoms with van der Waals surface area (Å²) < 4.78 is 64.4. The first kappa shape index (κ1) is 15.9. The van der Waals surface area contributed by atoms with Crippen molar-refractivity contribution in [3.8, 4) is 0 Å². The molecule has 1 aromatic carbocycles. The Kier molecular flexibility index (Phi) is 3.81. The van der Waals surface area contributed by atoms with Crippen LogP contribution in [0.1, 0.15) is 24.8 Å². The topological polar surface area (TPSA) is 71.5 Å². The van der Waals surface area contributed by atoms with Crippen molar-refractivity contribution in [1.29, 1.82) is 0 Å². The van der Waals surface area contributed by atoms with E-state index in [1.54, 1.807) is 6.92 Å². The van der Waals surface area contributed by atoms with Gasteiger partial charge in [0.15, 0.2) is 9.84 Å². The lowest BCUT2D eigenvalue weighted by molar-refractivity contribution is 0.330. The van der Waals surface area contributed by atoms with Gasteiger partial charge in [0.25, 0.3) is 0 Å². The highest BCUT2D eigenvalue weighted by atomic mass is 32.2. The van der Waals surface area contributed by atoms with E-state index < -0.39 is 31.7 Å². The standard InChI is InChI=1S/C14H18FNO4S2/c1-10-2-5-13(15)14(8-10)22(19,20)16(11-3-4-11)12-6-7-21(17,18)9-12/h2,5,8,11-12H,3-4,6-7,9H2,1H3/t12-/m0/s1. The van der Waals surface area contributed by atoms with Crippen LogP contribution in [0.5, 0.6) is 0 Å². The molecular weight excluding hydrogens is 329 g/mol. The summed E-state index contributed by atoms with van der Waals surface area (Å²) >= 11 is 0. The van der Waals surface area contributed by atoms with Gasteiger partial charge in [-0.25, -0.2) is 21.2 Å². The van der Waals surface area contributed by atoms with Crippen LogP contribution in [-0.2, 0) is 19.9 Å². The van der Waals surface area contributed by atoms with Crippen LogP contribution in [0.4, 0.5) is 4.39 Å². The summed E-state index contributed by atoms with van der Waals surface area (Å²) in [6.45, 7) is 1.69. The van der Waals surface area contributed by atoms with E-state index in [0.29, 0.717) is 18.4 Å². The van der Waals surface area contributed by atoms with E-state index in [4.69, 9.17) is 0 Å². The lowest BCUT2D eigenvalue weighted by Gasteiger charge is -2.27. The van der Waals surface area contributed by atoms with Crippen molar-refractivity contribution in [3.63, 3.8) is 0 Å². The van der Waals surface area contributed by atoms with E-state index in [1.807, 2.05) is 0 Å². The van der Waals surface area contributed by atoms with E-state index in [0.717, 1.165) is 6.07 Å². The molecule has 3 rings (SSSR count). The molecule has 5 nitrogen and oxygen atoms in total. The summed E-state index contributed by atoms with van der Waals surface area (Å²) in [4.78, 5) is -0.358. The molecule has 2 aliphatic rings. The fourth-order valence-electron chi connectivity index (χ4n) is 2.92. The minimum atomic E-state index is -4.03. The molecule has 122 valence electrons. The summed E-state index contributed by atoms with van der Waals surface area (Å²) in [6, 6.07) is 3.17. The number of halogens is 1. The molecule has 1 saturated carbocycles. The largest absolute Gasteiger partial charge is 0.246 e. The first-order valence-electron chi connectivity index (χ1n) is 7.21. The molecule has 1 heterocycles. The molecule has 0 bridgehead atoms. The normalized spacial score (nSPS) is 24.8. The third kappa shape index (κ3) is 2.91. The zero-order valence-corrected chi connectivity index (χ0v) is 13.8. The van der Waals surface area contributed by atoms with Crippen molar-refractivity contribution in [1.82, 2.24) is 4.31 Å². The molecule has 0 unspecified atom stereocenters. The van der Waals surface area contributed by atoms with Gasteiger partial charge in [-0.15, -0.1) is 0 Å². The van der Waals surface area contributed by atoms with Crippen molar-refractivity contribution in [2.45, 2.75) is 43.2 Å². The van der Waals surface area contributed by atoms with Gasteiger partial charge in [0, 0.05) is 12.1 Å². The zero-order valence-electron chi connectivity index (χ0n) is 12.2. The van der Waals surface area contributed by atoms with Gasteiger partial charge >= 0.3 is 0 Å². The average Bonchev–Trinajstić information content (AvgIpc) is 3.16. The van der Waals surface area contributed by atoms with Crippen LogP contribution in [0.2, 0.25) is 0 Å². The Bertz CT molecular complexity index is 800. The minimum absolute atomic E-state index is 0.00724. The van der Waals surface area contributed by atoms with Gasteiger partial charge in [0.1, 0.15) is 10.7 Å². The molecule has 0 spiro atoms. The number of hydrogen-bond donors (Lipinski definition) is 0. The molecule has 1 aliphatic heterocycles. The molecule has 2 fully saturated rings. The Morgan fingerprint density at radius 3 is 2.41 bits per heavy atom. The molecule has 1 atom stereocenters. The molecule has 1 aliphatic carbocycles. The summed E-state index contributed by atoms with van der Waals surface area (Å²) in [5.41, 5.74) is 0.648. The van der Waals surface area contributed by atoms with E-state index >= 15 is 0 Å². The van der Waals surface area contributed by atoms with Gasteiger partial charge < -0.3 is 0 Å². The highest BCUT2D eigenvalue weighted by Gasteiger charge is 2.46.